The first-order valence-electron chi connectivity index (χ1n) is 10.2. The van der Waals surface area contributed by atoms with E-state index in [9.17, 15) is 4.79 Å². The van der Waals surface area contributed by atoms with E-state index < -0.39 is 0 Å². The number of aryl methyl sites for hydroxylation is 2. The van der Waals surface area contributed by atoms with Crippen LogP contribution in [-0.4, -0.2) is 53.8 Å². The van der Waals surface area contributed by atoms with E-state index in [1.807, 2.05) is 32.0 Å². The summed E-state index contributed by atoms with van der Waals surface area (Å²) in [5.41, 5.74) is 2.23. The second kappa shape index (κ2) is 9.41. The molecule has 29 heavy (non-hydrogen) atoms. The second-order valence-electron chi connectivity index (χ2n) is 7.86. The molecule has 3 rings (SSSR count). The van der Waals surface area contributed by atoms with Crippen LogP contribution in [0.2, 0.25) is 0 Å². The lowest BCUT2D eigenvalue weighted by molar-refractivity contribution is -0.0778. The van der Waals surface area contributed by atoms with Crippen molar-refractivity contribution in [3.8, 4) is 5.75 Å². The van der Waals surface area contributed by atoms with Gasteiger partial charge in [-0.1, -0.05) is 17.3 Å². The predicted octanol–water partition coefficient (Wildman–Crippen LogP) is 3.10. The molecule has 1 N–H and O–H groups in total. The Morgan fingerprint density at radius 2 is 1.97 bits per heavy atom. The first-order valence-corrected chi connectivity index (χ1v) is 10.2. The van der Waals surface area contributed by atoms with E-state index >= 15 is 0 Å². The van der Waals surface area contributed by atoms with E-state index in [4.69, 9.17) is 14.0 Å². The highest BCUT2D eigenvalue weighted by molar-refractivity contribution is 5.96. The second-order valence-corrected chi connectivity index (χ2v) is 7.86. The average Bonchev–Trinajstić information content (AvgIpc) is 3.01. The van der Waals surface area contributed by atoms with Crippen LogP contribution in [0.1, 0.15) is 48.1 Å². The zero-order valence-corrected chi connectivity index (χ0v) is 17.9. The van der Waals surface area contributed by atoms with Gasteiger partial charge < -0.3 is 19.3 Å². The smallest absolute Gasteiger partial charge is 0.255 e. The summed E-state index contributed by atoms with van der Waals surface area (Å²) in [6.07, 6.45) is 0.408. The molecule has 1 aliphatic heterocycles. The summed E-state index contributed by atoms with van der Waals surface area (Å²) in [4.78, 5) is 15.2. The van der Waals surface area contributed by atoms with Crippen LogP contribution < -0.4 is 10.1 Å². The molecule has 158 valence electrons. The lowest BCUT2D eigenvalue weighted by Gasteiger charge is -2.39. The molecule has 2 aromatic rings. The fourth-order valence-corrected chi connectivity index (χ4v) is 3.68. The van der Waals surface area contributed by atoms with Crippen LogP contribution in [0.3, 0.4) is 0 Å². The summed E-state index contributed by atoms with van der Waals surface area (Å²) >= 11 is 0. The van der Waals surface area contributed by atoms with Crippen LogP contribution in [0.25, 0.3) is 0 Å². The molecule has 0 bridgehead atoms. The van der Waals surface area contributed by atoms with E-state index in [0.29, 0.717) is 24.5 Å². The van der Waals surface area contributed by atoms with Crippen molar-refractivity contribution in [2.24, 2.45) is 0 Å². The monoisotopic (exact) mass is 401 g/mol. The number of carbonyl (C=O) groups is 1. The molecular formula is C22H31N3O4. The molecule has 7 nitrogen and oxygen atoms in total. The fourth-order valence-electron chi connectivity index (χ4n) is 3.68. The molecule has 0 spiro atoms. The van der Waals surface area contributed by atoms with Gasteiger partial charge in [-0.15, -0.1) is 0 Å². The number of carbonyl (C=O) groups excluding carboxylic acids is 1. The van der Waals surface area contributed by atoms with Crippen molar-refractivity contribution >= 4 is 5.91 Å². The van der Waals surface area contributed by atoms with Gasteiger partial charge >= 0.3 is 0 Å². The average molecular weight is 402 g/mol. The Hall–Kier alpha value is -2.38. The highest BCUT2D eigenvalue weighted by atomic mass is 16.5. The molecule has 0 saturated carbocycles. The molecule has 0 radical (unpaired) electrons. The Morgan fingerprint density at radius 3 is 2.62 bits per heavy atom. The van der Waals surface area contributed by atoms with Crippen molar-refractivity contribution in [1.29, 1.82) is 0 Å². The van der Waals surface area contributed by atoms with Gasteiger partial charge in [-0.05, 0) is 46.8 Å². The maximum absolute atomic E-state index is 12.8. The minimum atomic E-state index is -0.138. The molecular weight excluding hydrogens is 370 g/mol. The highest BCUT2D eigenvalue weighted by Gasteiger charge is 2.26. The van der Waals surface area contributed by atoms with Crippen molar-refractivity contribution in [1.82, 2.24) is 15.4 Å². The molecule has 2 heterocycles. The summed E-state index contributed by atoms with van der Waals surface area (Å²) in [5, 5.41) is 6.99. The number of hydrogen-bond donors (Lipinski definition) is 1. The Balaban J connectivity index is 1.59. The van der Waals surface area contributed by atoms with Gasteiger partial charge in [0, 0.05) is 25.7 Å². The highest BCUT2D eigenvalue weighted by Crippen LogP contribution is 2.21. The van der Waals surface area contributed by atoms with Crippen LogP contribution in [0, 0.1) is 13.8 Å². The normalized spacial score (nSPS) is 21.0. The number of morpholine rings is 1. The molecule has 1 aromatic carbocycles. The minimum Gasteiger partial charge on any atom is -0.488 e. The summed E-state index contributed by atoms with van der Waals surface area (Å²) in [6, 6.07) is 7.51. The third-order valence-corrected chi connectivity index (χ3v) is 5.31. The van der Waals surface area contributed by atoms with Gasteiger partial charge in [0.05, 0.1) is 29.0 Å². The Bertz CT molecular complexity index is 806. The minimum absolute atomic E-state index is 0.138. The number of benzene rings is 1. The van der Waals surface area contributed by atoms with Gasteiger partial charge in [0.2, 0.25) is 0 Å². The summed E-state index contributed by atoms with van der Waals surface area (Å²) in [6.45, 7) is 12.7. The van der Waals surface area contributed by atoms with Crippen LogP contribution in [-0.2, 0) is 11.3 Å². The zero-order chi connectivity index (χ0) is 21.0. The van der Waals surface area contributed by atoms with Crippen molar-refractivity contribution in [3.63, 3.8) is 0 Å². The van der Waals surface area contributed by atoms with E-state index in [1.165, 1.54) is 0 Å². The van der Waals surface area contributed by atoms with Crippen molar-refractivity contribution < 1.29 is 18.8 Å². The number of hydrogen-bond acceptors (Lipinski definition) is 6. The van der Waals surface area contributed by atoms with Crippen molar-refractivity contribution in [2.45, 2.75) is 59.5 Å². The molecule has 1 saturated heterocycles. The number of rotatable bonds is 7. The standard InChI is InChI=1S/C22H31N3O4/c1-14(25-11-15(2)28-16(3)12-25)10-23-22(26)19-8-6-7-9-21(19)27-13-20-17(4)24-29-18(20)5/h6-9,14-16H,10-13H2,1-5H3,(H,23,26). The third kappa shape index (κ3) is 5.36. The Morgan fingerprint density at radius 1 is 1.28 bits per heavy atom. The molecule has 1 aromatic heterocycles. The summed E-state index contributed by atoms with van der Waals surface area (Å²) < 4.78 is 16.9. The summed E-state index contributed by atoms with van der Waals surface area (Å²) in [7, 11) is 0. The number of ether oxygens (including phenoxy) is 2. The largest absolute Gasteiger partial charge is 0.488 e. The zero-order valence-electron chi connectivity index (χ0n) is 17.9. The number of para-hydroxylation sites is 1. The van der Waals surface area contributed by atoms with E-state index in [2.05, 4.69) is 36.1 Å². The Labute approximate surface area is 172 Å². The molecule has 3 unspecified atom stereocenters. The van der Waals surface area contributed by atoms with Crippen LogP contribution in [0.5, 0.6) is 5.75 Å². The van der Waals surface area contributed by atoms with E-state index in [-0.39, 0.29) is 24.2 Å². The van der Waals surface area contributed by atoms with Crippen LogP contribution >= 0.6 is 0 Å². The summed E-state index contributed by atoms with van der Waals surface area (Å²) in [5.74, 6) is 1.14. The van der Waals surface area contributed by atoms with Crippen molar-refractivity contribution in [3.05, 3.63) is 46.8 Å². The SMILES string of the molecule is Cc1noc(C)c1COc1ccccc1C(=O)NCC(C)N1CC(C)OC(C)C1. The predicted molar refractivity (Wildman–Crippen MR) is 110 cm³/mol. The van der Waals surface area contributed by atoms with Gasteiger partial charge in [0.1, 0.15) is 18.1 Å². The van der Waals surface area contributed by atoms with E-state index in [0.717, 1.165) is 30.1 Å². The van der Waals surface area contributed by atoms with Gasteiger partial charge in [-0.2, -0.15) is 0 Å². The fraction of sp³-hybridized carbons (Fsp3) is 0.545. The molecule has 1 fully saturated rings. The molecule has 1 amide bonds. The van der Waals surface area contributed by atoms with Crippen molar-refractivity contribution in [2.75, 3.05) is 19.6 Å². The first-order chi connectivity index (χ1) is 13.8. The Kier molecular flexibility index (Phi) is 6.92. The lowest BCUT2D eigenvalue weighted by atomic mass is 10.1. The molecule has 7 heteroatoms. The topological polar surface area (TPSA) is 76.8 Å². The van der Waals surface area contributed by atoms with Gasteiger partial charge in [0.15, 0.2) is 0 Å². The maximum atomic E-state index is 12.8. The first kappa shape index (κ1) is 21.3. The van der Waals surface area contributed by atoms with Gasteiger partial charge in [0.25, 0.3) is 5.91 Å². The third-order valence-electron chi connectivity index (χ3n) is 5.31. The number of nitrogens with one attached hydrogen (secondary N) is 1. The molecule has 1 aliphatic rings. The van der Waals surface area contributed by atoms with Gasteiger partial charge in [-0.25, -0.2) is 0 Å². The number of aromatic nitrogens is 1. The number of amides is 1. The lowest BCUT2D eigenvalue weighted by Crippen LogP contribution is -2.52. The number of nitrogens with zero attached hydrogens (tertiary/aromatic N) is 2. The van der Waals surface area contributed by atoms with Crippen LogP contribution in [0.4, 0.5) is 0 Å². The quantitative estimate of drug-likeness (QED) is 0.768. The van der Waals surface area contributed by atoms with Gasteiger partial charge in [-0.3, -0.25) is 9.69 Å². The molecule has 0 aliphatic carbocycles. The maximum Gasteiger partial charge on any atom is 0.255 e. The van der Waals surface area contributed by atoms with Crippen LogP contribution in [0.15, 0.2) is 28.8 Å². The molecule has 3 atom stereocenters. The van der Waals surface area contributed by atoms with E-state index in [1.54, 1.807) is 6.07 Å².